The standard InChI is InChI=1S/C29H32N4O5S/c1-33-24-6-5-21(16-27(34)31-13-10-19-8-11-30-12-9-19)38-26(24)18-37-25-7-4-20(15-23(25)29(33)36)32-28(35)17-22-3-2-14-39-22/h2-4,7-9,11-12,14-15,21,24,26H,5-6,10,13,16-18H2,1H3,(H,31,34)(H,32,35)/t21-,24+,26+/m0/s1. The quantitative estimate of drug-likeness (QED) is 0.446. The van der Waals surface area contributed by atoms with Crippen LogP contribution in [0.4, 0.5) is 5.69 Å². The van der Waals surface area contributed by atoms with Crippen LogP contribution in [0.1, 0.15) is 40.1 Å². The molecule has 3 amide bonds. The molecule has 2 N–H and O–H groups in total. The molecule has 3 aromatic rings. The lowest BCUT2D eigenvalue weighted by atomic mass is 9.94. The predicted octanol–water partition coefficient (Wildman–Crippen LogP) is 3.45. The van der Waals surface area contributed by atoms with Crippen LogP contribution in [0.5, 0.6) is 5.75 Å². The van der Waals surface area contributed by atoms with E-state index >= 15 is 0 Å². The molecule has 0 bridgehead atoms. The number of hydrogen-bond acceptors (Lipinski definition) is 7. The average Bonchev–Trinajstić information content (AvgIpc) is 3.44. The highest BCUT2D eigenvalue weighted by molar-refractivity contribution is 7.10. The molecule has 0 saturated carbocycles. The summed E-state index contributed by atoms with van der Waals surface area (Å²) in [5.41, 5.74) is 2.07. The summed E-state index contributed by atoms with van der Waals surface area (Å²) < 4.78 is 12.3. The highest BCUT2D eigenvalue weighted by atomic mass is 32.1. The monoisotopic (exact) mass is 548 g/mol. The van der Waals surface area contributed by atoms with E-state index in [1.54, 1.807) is 42.5 Å². The Morgan fingerprint density at radius 2 is 1.97 bits per heavy atom. The van der Waals surface area contributed by atoms with E-state index in [2.05, 4.69) is 15.6 Å². The lowest BCUT2D eigenvalue weighted by Crippen LogP contribution is -2.54. The first-order valence-electron chi connectivity index (χ1n) is 13.1. The van der Waals surface area contributed by atoms with Crippen molar-refractivity contribution >= 4 is 34.7 Å². The number of carbonyl (C=O) groups is 3. The molecule has 2 aliphatic rings. The first-order chi connectivity index (χ1) is 19.0. The van der Waals surface area contributed by atoms with Gasteiger partial charge in [0.2, 0.25) is 11.8 Å². The number of amides is 3. The molecule has 0 unspecified atom stereocenters. The molecule has 0 radical (unpaired) electrons. The van der Waals surface area contributed by atoms with E-state index in [0.29, 0.717) is 36.4 Å². The van der Waals surface area contributed by atoms with Gasteiger partial charge in [0.25, 0.3) is 5.91 Å². The van der Waals surface area contributed by atoms with Gasteiger partial charge in [0.1, 0.15) is 18.5 Å². The normalized spacial score (nSPS) is 20.6. The lowest BCUT2D eigenvalue weighted by molar-refractivity contribution is -0.134. The molecule has 10 heteroatoms. The molecule has 2 aromatic heterocycles. The number of likely N-dealkylation sites (N-methyl/N-ethyl adjacent to an activating group) is 1. The van der Waals surface area contributed by atoms with Gasteiger partial charge in [-0.25, -0.2) is 0 Å². The Kier molecular flexibility index (Phi) is 8.53. The molecule has 3 atom stereocenters. The van der Waals surface area contributed by atoms with Crippen molar-refractivity contribution in [2.75, 3.05) is 25.5 Å². The number of aromatic nitrogens is 1. The Hall–Kier alpha value is -3.76. The number of hydrogen-bond donors (Lipinski definition) is 2. The SMILES string of the molecule is CN1C(=O)c2cc(NC(=O)Cc3cccs3)ccc2OC[C@H]2O[C@H](CC(=O)NCCc3ccncc3)CC[C@H]21. The third-order valence-electron chi connectivity index (χ3n) is 7.11. The number of fused-ring (bicyclic) bond motifs is 2. The van der Waals surface area contributed by atoms with Gasteiger partial charge < -0.3 is 25.0 Å². The number of nitrogens with zero attached hydrogens (tertiary/aromatic N) is 2. The molecule has 1 fully saturated rings. The Labute approximate surface area is 231 Å². The summed E-state index contributed by atoms with van der Waals surface area (Å²) in [5.74, 6) is 0.0620. The Balaban J connectivity index is 1.17. The van der Waals surface area contributed by atoms with Crippen LogP contribution in [-0.4, -0.2) is 66.1 Å². The molecule has 0 spiro atoms. The smallest absolute Gasteiger partial charge is 0.257 e. The Morgan fingerprint density at radius 3 is 2.77 bits per heavy atom. The van der Waals surface area contributed by atoms with Crippen LogP contribution in [0.3, 0.4) is 0 Å². The largest absolute Gasteiger partial charge is 0.490 e. The molecule has 4 heterocycles. The Bertz CT molecular complexity index is 1300. The van der Waals surface area contributed by atoms with Gasteiger partial charge in [0.05, 0.1) is 30.6 Å². The summed E-state index contributed by atoms with van der Waals surface area (Å²) >= 11 is 1.53. The molecule has 9 nitrogen and oxygen atoms in total. The number of nitrogens with one attached hydrogen (secondary N) is 2. The van der Waals surface area contributed by atoms with Gasteiger partial charge in [0, 0.05) is 36.6 Å². The maximum atomic E-state index is 13.4. The molecular weight excluding hydrogens is 516 g/mol. The van der Waals surface area contributed by atoms with Crippen molar-refractivity contribution in [3.8, 4) is 5.75 Å². The van der Waals surface area contributed by atoms with Crippen LogP contribution in [0.15, 0.2) is 60.2 Å². The second-order valence-electron chi connectivity index (χ2n) is 9.84. The molecular formula is C29H32N4O5S. The molecule has 0 aliphatic carbocycles. The predicted molar refractivity (Wildman–Crippen MR) is 148 cm³/mol. The van der Waals surface area contributed by atoms with Gasteiger partial charge in [-0.2, -0.15) is 0 Å². The van der Waals surface area contributed by atoms with Crippen LogP contribution < -0.4 is 15.4 Å². The molecule has 1 saturated heterocycles. The number of rotatable bonds is 8. The summed E-state index contributed by atoms with van der Waals surface area (Å²) in [6.07, 6.45) is 5.56. The second kappa shape index (κ2) is 12.4. The van der Waals surface area contributed by atoms with Crippen LogP contribution in [0.2, 0.25) is 0 Å². The minimum absolute atomic E-state index is 0.0531. The third-order valence-corrected chi connectivity index (χ3v) is 7.98. The number of thiophene rings is 1. The minimum Gasteiger partial charge on any atom is -0.490 e. The van der Waals surface area contributed by atoms with E-state index < -0.39 is 0 Å². The fourth-order valence-electron chi connectivity index (χ4n) is 5.06. The fourth-order valence-corrected chi connectivity index (χ4v) is 5.76. The fraction of sp³-hybridized carbons (Fsp3) is 0.379. The van der Waals surface area contributed by atoms with Crippen LogP contribution in [0, 0.1) is 0 Å². The molecule has 2 aliphatic heterocycles. The van der Waals surface area contributed by atoms with E-state index in [4.69, 9.17) is 9.47 Å². The summed E-state index contributed by atoms with van der Waals surface area (Å²) in [4.78, 5) is 45.1. The zero-order valence-corrected chi connectivity index (χ0v) is 22.6. The van der Waals surface area contributed by atoms with Crippen molar-refractivity contribution in [2.24, 2.45) is 0 Å². The minimum atomic E-state index is -0.347. The van der Waals surface area contributed by atoms with Crippen molar-refractivity contribution in [3.63, 3.8) is 0 Å². The highest BCUT2D eigenvalue weighted by Crippen LogP contribution is 2.32. The van der Waals surface area contributed by atoms with E-state index in [0.717, 1.165) is 16.9 Å². The van der Waals surface area contributed by atoms with Gasteiger partial charge in [-0.05, 0) is 66.6 Å². The van der Waals surface area contributed by atoms with Gasteiger partial charge >= 0.3 is 0 Å². The Morgan fingerprint density at radius 1 is 1.13 bits per heavy atom. The second-order valence-corrected chi connectivity index (χ2v) is 10.9. The van der Waals surface area contributed by atoms with Crippen molar-refractivity contribution in [2.45, 2.75) is 50.4 Å². The van der Waals surface area contributed by atoms with Gasteiger partial charge in [-0.3, -0.25) is 19.4 Å². The number of carbonyl (C=O) groups excluding carboxylic acids is 3. The van der Waals surface area contributed by atoms with Crippen LogP contribution in [0.25, 0.3) is 0 Å². The van der Waals surface area contributed by atoms with E-state index in [9.17, 15) is 14.4 Å². The highest BCUT2D eigenvalue weighted by Gasteiger charge is 2.39. The van der Waals surface area contributed by atoms with Crippen molar-refractivity contribution < 1.29 is 23.9 Å². The zero-order chi connectivity index (χ0) is 27.2. The molecule has 39 heavy (non-hydrogen) atoms. The zero-order valence-electron chi connectivity index (χ0n) is 21.8. The molecule has 5 rings (SSSR count). The average molecular weight is 549 g/mol. The maximum Gasteiger partial charge on any atom is 0.257 e. The van der Waals surface area contributed by atoms with Crippen LogP contribution >= 0.6 is 11.3 Å². The number of pyridine rings is 1. The topological polar surface area (TPSA) is 110 Å². The molecule has 204 valence electrons. The number of benzene rings is 1. The summed E-state index contributed by atoms with van der Waals surface area (Å²) in [5, 5.41) is 7.78. The van der Waals surface area contributed by atoms with Gasteiger partial charge in [0.15, 0.2) is 0 Å². The van der Waals surface area contributed by atoms with Crippen LogP contribution in [-0.2, 0) is 27.2 Å². The van der Waals surface area contributed by atoms with Crippen molar-refractivity contribution in [1.29, 1.82) is 0 Å². The van der Waals surface area contributed by atoms with E-state index in [-0.39, 0.29) is 55.4 Å². The number of anilines is 1. The van der Waals surface area contributed by atoms with E-state index in [1.165, 1.54) is 11.3 Å². The van der Waals surface area contributed by atoms with Gasteiger partial charge in [-0.15, -0.1) is 11.3 Å². The van der Waals surface area contributed by atoms with Crippen molar-refractivity contribution in [1.82, 2.24) is 15.2 Å². The van der Waals surface area contributed by atoms with Crippen molar-refractivity contribution in [3.05, 3.63) is 76.2 Å². The third kappa shape index (κ3) is 6.82. The number of ether oxygens (including phenoxy) is 2. The lowest BCUT2D eigenvalue weighted by Gasteiger charge is -2.42. The summed E-state index contributed by atoms with van der Waals surface area (Å²) in [6, 6.07) is 12.6. The maximum absolute atomic E-state index is 13.4. The first kappa shape index (κ1) is 26.8. The molecule has 1 aromatic carbocycles. The summed E-state index contributed by atoms with van der Waals surface area (Å²) in [7, 11) is 1.77. The van der Waals surface area contributed by atoms with Gasteiger partial charge in [-0.1, -0.05) is 6.07 Å². The van der Waals surface area contributed by atoms with E-state index in [1.807, 2.05) is 29.6 Å². The summed E-state index contributed by atoms with van der Waals surface area (Å²) in [6.45, 7) is 0.814. The first-order valence-corrected chi connectivity index (χ1v) is 14.0.